The van der Waals surface area contributed by atoms with Crippen LogP contribution in [-0.2, 0) is 9.47 Å². The zero-order chi connectivity index (χ0) is 29.6. The van der Waals surface area contributed by atoms with Crippen LogP contribution in [0.25, 0.3) is 17.0 Å². The van der Waals surface area contributed by atoms with Gasteiger partial charge >= 0.3 is 12.3 Å². The fraction of sp³-hybridized carbons (Fsp3) is 0.621. The number of carbonyl (C=O) groups is 1. The summed E-state index contributed by atoms with van der Waals surface area (Å²) in [6.07, 6.45) is -0.0442. The Balaban J connectivity index is 1.46. The maximum Gasteiger partial charge on any atom is 0.422 e. The Morgan fingerprint density at radius 1 is 1.20 bits per heavy atom. The second-order valence-electron chi connectivity index (χ2n) is 12.2. The van der Waals surface area contributed by atoms with Crippen molar-refractivity contribution in [3.8, 4) is 5.75 Å². The quantitative estimate of drug-likeness (QED) is 0.360. The third-order valence-electron chi connectivity index (χ3n) is 7.92. The average Bonchev–Trinajstić information content (AvgIpc) is 2.89. The summed E-state index contributed by atoms with van der Waals surface area (Å²) in [6, 6.07) is 1.86. The van der Waals surface area contributed by atoms with Crippen molar-refractivity contribution in [1.29, 1.82) is 0 Å². The standard InChI is InChI=1S/C29H36BrF3N4O4/c1-5-18-14-20-22(23(21(18)30)40-17-29(31,32)33)34-24(19-6-12-39-13-7-19)35-25(20)36-10-8-28(9-11-36)15-37(16-28)26(38)41-27(2,3)4/h5,14,19H,1,6-13,15-17H2,2-4H3. The van der Waals surface area contributed by atoms with Gasteiger partial charge < -0.3 is 24.0 Å². The number of ether oxygens (including phenoxy) is 3. The smallest absolute Gasteiger partial charge is 0.422 e. The highest BCUT2D eigenvalue weighted by molar-refractivity contribution is 9.10. The minimum absolute atomic E-state index is 0.0239. The summed E-state index contributed by atoms with van der Waals surface area (Å²) < 4.78 is 56.5. The van der Waals surface area contributed by atoms with Gasteiger partial charge in [0.2, 0.25) is 0 Å². The molecular weight excluding hydrogens is 605 g/mol. The molecule has 0 radical (unpaired) electrons. The first-order chi connectivity index (χ1) is 19.3. The largest absolute Gasteiger partial charge is 0.481 e. The lowest BCUT2D eigenvalue weighted by atomic mass is 9.72. The first kappa shape index (κ1) is 29.9. The number of fused-ring (bicyclic) bond motifs is 1. The average molecular weight is 642 g/mol. The van der Waals surface area contributed by atoms with E-state index < -0.39 is 18.4 Å². The fourth-order valence-corrected chi connectivity index (χ4v) is 6.35. The number of rotatable bonds is 5. The summed E-state index contributed by atoms with van der Waals surface area (Å²) in [5, 5.41) is 0.621. The lowest BCUT2D eigenvalue weighted by Crippen LogP contribution is -2.62. The molecule has 0 aliphatic carbocycles. The third kappa shape index (κ3) is 6.58. The molecule has 0 unspecified atom stereocenters. The van der Waals surface area contributed by atoms with Gasteiger partial charge in [0.15, 0.2) is 12.4 Å². The van der Waals surface area contributed by atoms with E-state index in [9.17, 15) is 18.0 Å². The van der Waals surface area contributed by atoms with Crippen LogP contribution >= 0.6 is 15.9 Å². The molecule has 0 bridgehead atoms. The number of benzene rings is 1. The van der Waals surface area contributed by atoms with Gasteiger partial charge in [0.05, 0.1) is 4.47 Å². The number of hydrogen-bond donors (Lipinski definition) is 0. The van der Waals surface area contributed by atoms with Gasteiger partial charge in [-0.05, 0) is 74.0 Å². The van der Waals surface area contributed by atoms with E-state index in [-0.39, 0.29) is 23.2 Å². The van der Waals surface area contributed by atoms with Gasteiger partial charge in [0.1, 0.15) is 22.8 Å². The lowest BCUT2D eigenvalue weighted by molar-refractivity contribution is -0.153. The number of halogens is 4. The molecule has 2 aromatic rings. The molecule has 0 saturated carbocycles. The van der Waals surface area contributed by atoms with Crippen molar-refractivity contribution in [2.75, 3.05) is 50.9 Å². The number of hydrogen-bond acceptors (Lipinski definition) is 7. The van der Waals surface area contributed by atoms with Crippen LogP contribution in [0.2, 0.25) is 0 Å². The van der Waals surface area contributed by atoms with Gasteiger partial charge in [-0.1, -0.05) is 12.7 Å². The predicted octanol–water partition coefficient (Wildman–Crippen LogP) is 6.71. The van der Waals surface area contributed by atoms with Gasteiger partial charge in [-0.3, -0.25) is 0 Å². The Labute approximate surface area is 246 Å². The first-order valence-electron chi connectivity index (χ1n) is 13.9. The highest BCUT2D eigenvalue weighted by Crippen LogP contribution is 2.45. The van der Waals surface area contributed by atoms with Crippen molar-refractivity contribution in [2.45, 2.75) is 64.1 Å². The normalized spacial score (nSPS) is 19.8. The molecule has 12 heteroatoms. The highest BCUT2D eigenvalue weighted by atomic mass is 79.9. The summed E-state index contributed by atoms with van der Waals surface area (Å²) in [5.41, 5.74) is 0.425. The van der Waals surface area contributed by atoms with E-state index in [1.807, 2.05) is 26.8 Å². The monoisotopic (exact) mass is 640 g/mol. The summed E-state index contributed by atoms with van der Waals surface area (Å²) in [6.45, 7) is 11.8. The fourth-order valence-electron chi connectivity index (χ4n) is 5.78. The predicted molar refractivity (Wildman–Crippen MR) is 153 cm³/mol. The molecule has 5 rings (SSSR count). The van der Waals surface area contributed by atoms with Crippen LogP contribution in [0, 0.1) is 5.41 Å². The first-order valence-corrected chi connectivity index (χ1v) is 14.7. The SMILES string of the molecule is C=Cc1cc2c(N3CCC4(CC3)CN(C(=O)OC(C)(C)C)C4)nc(C3CCOCC3)nc2c(OCC(F)(F)F)c1Br. The molecule has 3 saturated heterocycles. The molecule has 1 spiro atoms. The molecule has 3 aliphatic rings. The van der Waals surface area contributed by atoms with Crippen LogP contribution in [0.5, 0.6) is 5.75 Å². The molecular formula is C29H36BrF3N4O4. The van der Waals surface area contributed by atoms with E-state index in [4.69, 9.17) is 24.2 Å². The van der Waals surface area contributed by atoms with Crippen LogP contribution in [0.1, 0.15) is 63.8 Å². The number of amides is 1. The number of carbonyl (C=O) groups excluding carboxylic acids is 1. The van der Waals surface area contributed by atoms with Crippen LogP contribution in [-0.4, -0.2) is 78.7 Å². The Bertz CT molecular complexity index is 1310. The van der Waals surface area contributed by atoms with Crippen molar-refractivity contribution < 1.29 is 32.2 Å². The second-order valence-corrected chi connectivity index (χ2v) is 13.0. The highest BCUT2D eigenvalue weighted by Gasteiger charge is 2.48. The summed E-state index contributed by atoms with van der Waals surface area (Å²) >= 11 is 3.44. The van der Waals surface area contributed by atoms with Crippen molar-refractivity contribution in [3.63, 3.8) is 0 Å². The molecule has 1 aromatic heterocycles. The van der Waals surface area contributed by atoms with Gasteiger partial charge in [0, 0.05) is 56.1 Å². The van der Waals surface area contributed by atoms with Gasteiger partial charge in [-0.15, -0.1) is 0 Å². The molecule has 224 valence electrons. The van der Waals surface area contributed by atoms with Gasteiger partial charge in [0.25, 0.3) is 0 Å². The zero-order valence-corrected chi connectivity index (χ0v) is 25.2. The van der Waals surface area contributed by atoms with Crippen LogP contribution in [0.4, 0.5) is 23.8 Å². The van der Waals surface area contributed by atoms with Gasteiger partial charge in [-0.2, -0.15) is 13.2 Å². The maximum atomic E-state index is 13.2. The minimum Gasteiger partial charge on any atom is -0.481 e. The summed E-state index contributed by atoms with van der Waals surface area (Å²) in [4.78, 5) is 26.3. The summed E-state index contributed by atoms with van der Waals surface area (Å²) in [7, 11) is 0. The van der Waals surface area contributed by atoms with Gasteiger partial charge in [-0.25, -0.2) is 14.8 Å². The Morgan fingerprint density at radius 2 is 1.85 bits per heavy atom. The molecule has 3 fully saturated rings. The Kier molecular flexibility index (Phi) is 8.19. The van der Waals surface area contributed by atoms with E-state index in [0.717, 1.165) is 25.7 Å². The van der Waals surface area contributed by atoms with Crippen LogP contribution in [0.3, 0.4) is 0 Å². The van der Waals surface area contributed by atoms with E-state index >= 15 is 0 Å². The van der Waals surface area contributed by atoms with Crippen molar-refractivity contribution in [1.82, 2.24) is 14.9 Å². The number of likely N-dealkylation sites (tertiary alicyclic amines) is 1. The van der Waals surface area contributed by atoms with E-state index in [1.54, 1.807) is 11.0 Å². The molecule has 1 amide bonds. The number of alkyl halides is 3. The maximum absolute atomic E-state index is 13.2. The molecule has 3 aliphatic heterocycles. The number of piperidine rings is 1. The van der Waals surface area contributed by atoms with Crippen molar-refractivity contribution in [2.24, 2.45) is 5.41 Å². The molecule has 41 heavy (non-hydrogen) atoms. The zero-order valence-electron chi connectivity index (χ0n) is 23.7. The molecule has 1 aromatic carbocycles. The van der Waals surface area contributed by atoms with Crippen molar-refractivity contribution in [3.05, 3.63) is 28.5 Å². The van der Waals surface area contributed by atoms with E-state index in [2.05, 4.69) is 27.4 Å². The number of nitrogens with zero attached hydrogens (tertiary/aromatic N) is 4. The second kappa shape index (κ2) is 11.2. The lowest BCUT2D eigenvalue weighted by Gasteiger charge is -2.53. The summed E-state index contributed by atoms with van der Waals surface area (Å²) in [5.74, 6) is 1.34. The number of aromatic nitrogens is 2. The Hall–Kier alpha value is -2.60. The topological polar surface area (TPSA) is 77.0 Å². The van der Waals surface area contributed by atoms with E-state index in [1.165, 1.54) is 0 Å². The molecule has 4 heterocycles. The Morgan fingerprint density at radius 3 is 2.44 bits per heavy atom. The number of anilines is 1. The van der Waals surface area contributed by atoms with Crippen LogP contribution in [0.15, 0.2) is 17.1 Å². The van der Waals surface area contributed by atoms with Crippen molar-refractivity contribution >= 4 is 44.8 Å². The third-order valence-corrected chi connectivity index (χ3v) is 8.74. The molecule has 8 nitrogen and oxygen atoms in total. The molecule has 0 atom stereocenters. The van der Waals surface area contributed by atoms with E-state index in [0.29, 0.717) is 72.0 Å². The van der Waals surface area contributed by atoms with Crippen LogP contribution < -0.4 is 9.64 Å². The molecule has 0 N–H and O–H groups in total. The minimum atomic E-state index is -4.51.